The Morgan fingerprint density at radius 2 is 0.733 bits per heavy atom. The van der Waals surface area contributed by atoms with Crippen LogP contribution in [0.2, 0.25) is 0 Å². The van der Waals surface area contributed by atoms with Crippen LogP contribution in [0.1, 0.15) is 11.1 Å². The molecule has 4 aromatic heterocycles. The van der Waals surface area contributed by atoms with Gasteiger partial charge in [0.1, 0.15) is 0 Å². The molecule has 75 heavy (non-hydrogen) atoms. The molecule has 0 saturated carbocycles. The quantitative estimate of drug-likeness (QED) is 0.149. The van der Waals surface area contributed by atoms with E-state index in [1.165, 1.54) is 21.5 Å². The molecule has 8 nitrogen and oxygen atoms in total. The molecule has 0 amide bonds. The van der Waals surface area contributed by atoms with Gasteiger partial charge in [-0.25, -0.2) is 14.8 Å². The Labute approximate surface area is 430 Å². The van der Waals surface area contributed by atoms with E-state index >= 15 is 0 Å². The highest BCUT2D eigenvalue weighted by atomic mass is 15.0. The van der Waals surface area contributed by atoms with Crippen LogP contribution in [0, 0.1) is 29.2 Å². The zero-order chi connectivity index (χ0) is 50.1. The van der Waals surface area contributed by atoms with Crippen molar-refractivity contribution in [2.45, 2.75) is 0 Å². The van der Waals surface area contributed by atoms with Crippen LogP contribution < -0.4 is 0 Å². The molecule has 14 rings (SSSR count). The third-order valence-corrected chi connectivity index (χ3v) is 14.6. The second-order valence-electron chi connectivity index (χ2n) is 18.7. The predicted octanol–water partition coefficient (Wildman–Crippen LogP) is 16.7. The summed E-state index contributed by atoms with van der Waals surface area (Å²) in [6.07, 6.45) is 0. The summed E-state index contributed by atoms with van der Waals surface area (Å²) in [5.41, 5.74) is 17.0. The van der Waals surface area contributed by atoms with Crippen molar-refractivity contribution in [1.82, 2.24) is 23.7 Å². The van der Waals surface area contributed by atoms with Gasteiger partial charge in [0.15, 0.2) is 5.82 Å². The van der Waals surface area contributed by atoms with Gasteiger partial charge >= 0.3 is 0 Å². The minimum atomic E-state index is 0.522. The van der Waals surface area contributed by atoms with Gasteiger partial charge in [0, 0.05) is 60.4 Å². The van der Waals surface area contributed by atoms with E-state index in [1.54, 1.807) is 24.3 Å². The van der Waals surface area contributed by atoms with Gasteiger partial charge < -0.3 is 13.7 Å². The lowest BCUT2D eigenvalue weighted by atomic mass is 10.0. The minimum absolute atomic E-state index is 0.522. The smallest absolute Gasteiger partial charge is 0.211 e. The molecular weight excluding hydrogens is 917 g/mol. The zero-order valence-electron chi connectivity index (χ0n) is 40.0. The molecule has 0 aliphatic heterocycles. The highest BCUT2D eigenvalue weighted by Crippen LogP contribution is 2.42. The molecule has 0 N–H and O–H groups in total. The summed E-state index contributed by atoms with van der Waals surface area (Å²) in [4.78, 5) is 14.1. The summed E-state index contributed by atoms with van der Waals surface area (Å²) in [6, 6.07) is 83.2. The molecule has 0 atom stereocenters. The second-order valence-corrected chi connectivity index (χ2v) is 18.7. The molecule has 0 bridgehead atoms. The highest BCUT2D eigenvalue weighted by Gasteiger charge is 2.21. The standard InChI is InChI=1S/C67H38N8/c1-70-59-36-48(44-26-28-46(29-27-44)58-39-57(45-22-18-42(40-68)19-23-45)71-67(72-58)47-24-20-43(41-69)21-25-47)30-33-66(59)75-64-34-31-49(73-60-14-6-2-10-51(60)52-11-3-7-15-61(52)73)37-55(64)56-38-50(32-35-65(56)75)74-62-16-8-4-12-53(62)54-13-5-9-17-63(54)74/h2-39H. The molecule has 4 heterocycles. The van der Waals surface area contributed by atoms with Gasteiger partial charge in [-0.05, 0) is 126 Å². The van der Waals surface area contributed by atoms with E-state index in [0.29, 0.717) is 28.3 Å². The molecule has 0 fully saturated rings. The molecular formula is C67H38N8. The van der Waals surface area contributed by atoms with Crippen LogP contribution in [0.25, 0.3) is 132 Å². The number of hydrogen-bond acceptors (Lipinski definition) is 4. The minimum Gasteiger partial charge on any atom is -0.319 e. The van der Waals surface area contributed by atoms with Crippen molar-refractivity contribution in [3.8, 4) is 74.2 Å². The Morgan fingerprint density at radius 3 is 1.17 bits per heavy atom. The lowest BCUT2D eigenvalue weighted by molar-refractivity contribution is 1.16. The van der Waals surface area contributed by atoms with E-state index in [-0.39, 0.29) is 0 Å². The van der Waals surface area contributed by atoms with Gasteiger partial charge in [-0.15, -0.1) is 0 Å². The first-order valence-electron chi connectivity index (χ1n) is 24.6. The van der Waals surface area contributed by atoms with E-state index < -0.39 is 0 Å². The summed E-state index contributed by atoms with van der Waals surface area (Å²) in [7, 11) is 0. The van der Waals surface area contributed by atoms with Crippen LogP contribution in [0.3, 0.4) is 0 Å². The van der Waals surface area contributed by atoms with Gasteiger partial charge in [0.25, 0.3) is 0 Å². The lowest BCUT2D eigenvalue weighted by Crippen LogP contribution is -1.97. The summed E-state index contributed by atoms with van der Waals surface area (Å²) < 4.78 is 6.98. The van der Waals surface area contributed by atoms with E-state index in [0.717, 1.165) is 94.4 Å². The average Bonchev–Trinajstić information content (AvgIpc) is 4.12. The summed E-state index contributed by atoms with van der Waals surface area (Å²) in [5.74, 6) is 0.522. The van der Waals surface area contributed by atoms with Crippen LogP contribution in [-0.2, 0) is 0 Å². The van der Waals surface area contributed by atoms with Crippen LogP contribution >= 0.6 is 0 Å². The Kier molecular flexibility index (Phi) is 9.85. The van der Waals surface area contributed by atoms with Crippen LogP contribution in [0.5, 0.6) is 0 Å². The monoisotopic (exact) mass is 954 g/mol. The first kappa shape index (κ1) is 43.0. The van der Waals surface area contributed by atoms with Gasteiger partial charge in [0.2, 0.25) is 5.69 Å². The number of aromatic nitrogens is 5. The van der Waals surface area contributed by atoms with E-state index in [2.05, 4.69) is 188 Å². The third-order valence-electron chi connectivity index (χ3n) is 14.6. The van der Waals surface area contributed by atoms with Crippen molar-refractivity contribution >= 4 is 71.1 Å². The van der Waals surface area contributed by atoms with Crippen molar-refractivity contribution in [2.75, 3.05) is 0 Å². The number of hydrogen-bond donors (Lipinski definition) is 0. The molecule has 0 saturated heterocycles. The maximum atomic E-state index is 9.45. The van der Waals surface area contributed by atoms with Gasteiger partial charge in [0.05, 0.1) is 80.0 Å². The molecule has 14 aromatic rings. The first-order valence-corrected chi connectivity index (χ1v) is 24.6. The topological polar surface area (TPSA) is 92.5 Å². The van der Waals surface area contributed by atoms with Crippen LogP contribution in [0.4, 0.5) is 5.69 Å². The third kappa shape index (κ3) is 6.96. The predicted molar refractivity (Wildman–Crippen MR) is 302 cm³/mol. The Bertz CT molecular complexity index is 4430. The molecule has 0 spiro atoms. The van der Waals surface area contributed by atoms with E-state index in [4.69, 9.17) is 16.5 Å². The fourth-order valence-corrected chi connectivity index (χ4v) is 11.0. The molecule has 0 aliphatic rings. The second kappa shape index (κ2) is 17.2. The fraction of sp³-hybridized carbons (Fsp3) is 0. The number of nitriles is 2. The molecule has 0 unspecified atom stereocenters. The van der Waals surface area contributed by atoms with E-state index in [9.17, 15) is 10.5 Å². The first-order chi connectivity index (χ1) is 37.0. The summed E-state index contributed by atoms with van der Waals surface area (Å²) in [6.45, 7) is 8.66. The molecule has 0 aliphatic carbocycles. The molecule has 10 aromatic carbocycles. The van der Waals surface area contributed by atoms with Crippen molar-refractivity contribution in [3.05, 3.63) is 253 Å². The fourth-order valence-electron chi connectivity index (χ4n) is 11.0. The van der Waals surface area contributed by atoms with Crippen molar-refractivity contribution < 1.29 is 0 Å². The van der Waals surface area contributed by atoms with Crippen molar-refractivity contribution in [2.24, 2.45) is 0 Å². The number of fused-ring (bicyclic) bond motifs is 9. The van der Waals surface area contributed by atoms with Crippen LogP contribution in [-0.4, -0.2) is 23.7 Å². The Morgan fingerprint density at radius 1 is 0.347 bits per heavy atom. The number of nitrogens with zero attached hydrogens (tertiary/aromatic N) is 8. The summed E-state index contributed by atoms with van der Waals surface area (Å²) in [5, 5.41) is 25.9. The molecule has 8 heteroatoms. The Hall–Kier alpha value is -10.9. The lowest BCUT2D eigenvalue weighted by Gasteiger charge is -2.14. The maximum Gasteiger partial charge on any atom is 0.211 e. The van der Waals surface area contributed by atoms with E-state index in [1.807, 2.05) is 48.5 Å². The number of rotatable bonds is 7. The SMILES string of the molecule is [C-]#[N+]c1cc(-c2ccc(-c3cc(-c4ccc(C#N)cc4)nc(-c4ccc(C#N)cc4)n3)cc2)ccc1-n1c2ccc(-n3c4ccccc4c4ccccc43)cc2c2cc(-n3c4ccccc4c4ccccc43)ccc21. The zero-order valence-corrected chi connectivity index (χ0v) is 40.0. The normalized spacial score (nSPS) is 11.4. The number of para-hydroxylation sites is 4. The largest absolute Gasteiger partial charge is 0.319 e. The highest BCUT2D eigenvalue weighted by molar-refractivity contribution is 6.14. The maximum absolute atomic E-state index is 9.45. The van der Waals surface area contributed by atoms with Crippen molar-refractivity contribution in [3.63, 3.8) is 0 Å². The molecule has 0 radical (unpaired) electrons. The molecule has 346 valence electrons. The number of benzene rings is 10. The summed E-state index contributed by atoms with van der Waals surface area (Å²) >= 11 is 0. The average molecular weight is 955 g/mol. The van der Waals surface area contributed by atoms with Gasteiger partial charge in [-0.1, -0.05) is 115 Å². The van der Waals surface area contributed by atoms with Gasteiger partial charge in [-0.3, -0.25) is 0 Å². The van der Waals surface area contributed by atoms with Gasteiger partial charge in [-0.2, -0.15) is 10.5 Å². The van der Waals surface area contributed by atoms with Crippen LogP contribution in [0.15, 0.2) is 231 Å². The van der Waals surface area contributed by atoms with Crippen molar-refractivity contribution in [1.29, 1.82) is 10.5 Å². The Balaban J connectivity index is 0.901.